The first-order valence-electron chi connectivity index (χ1n) is 5.65. The predicted molar refractivity (Wildman–Crippen MR) is 66.2 cm³/mol. The second kappa shape index (κ2) is 6.17. The number of nitrogens with zero attached hydrogens (tertiary/aromatic N) is 3. The molecular weight excluding hydrogens is 218 g/mol. The average Bonchev–Trinajstić information content (AvgIpc) is 2.76. The van der Waals surface area contributed by atoms with Crippen LogP contribution in [0.1, 0.15) is 0 Å². The molecule has 6 nitrogen and oxygen atoms in total. The van der Waals surface area contributed by atoms with Crippen molar-refractivity contribution in [2.75, 3.05) is 38.7 Å². The van der Waals surface area contributed by atoms with Crippen LogP contribution >= 0.6 is 0 Å². The summed E-state index contributed by atoms with van der Waals surface area (Å²) in [5, 5.41) is 10.7. The third-order valence-electron chi connectivity index (χ3n) is 2.31. The molecule has 0 radical (unpaired) electrons. The van der Waals surface area contributed by atoms with Gasteiger partial charge in [0.2, 0.25) is 5.95 Å². The number of hydrogen-bond acceptors (Lipinski definition) is 5. The highest BCUT2D eigenvalue weighted by atomic mass is 16.5. The molecule has 0 unspecified atom stereocenters. The van der Waals surface area contributed by atoms with Gasteiger partial charge in [-0.3, -0.25) is 0 Å². The number of rotatable bonds is 7. The highest BCUT2D eigenvalue weighted by Crippen LogP contribution is 2.03. The molecule has 17 heavy (non-hydrogen) atoms. The molecule has 2 aromatic rings. The lowest BCUT2D eigenvalue weighted by Gasteiger charge is -2.03. The first kappa shape index (κ1) is 11.8. The van der Waals surface area contributed by atoms with Gasteiger partial charge in [-0.1, -0.05) is 6.07 Å². The minimum absolute atomic E-state index is 0.657. The van der Waals surface area contributed by atoms with Gasteiger partial charge < -0.3 is 15.4 Å². The molecular formula is C11H17N5O. The quantitative estimate of drug-likeness (QED) is 0.679. The van der Waals surface area contributed by atoms with Gasteiger partial charge in [0.1, 0.15) is 0 Å². The molecule has 2 aromatic heterocycles. The van der Waals surface area contributed by atoms with Crippen LogP contribution in [-0.2, 0) is 4.74 Å². The molecule has 0 aliphatic rings. The number of methoxy groups -OCH3 is 1. The zero-order valence-corrected chi connectivity index (χ0v) is 9.89. The maximum absolute atomic E-state index is 4.94. The van der Waals surface area contributed by atoms with E-state index in [1.807, 2.05) is 24.4 Å². The number of anilines is 1. The van der Waals surface area contributed by atoms with E-state index < -0.39 is 0 Å². The molecule has 0 amide bonds. The SMILES string of the molecule is COCCNCCNc1nc2ccccn2n1. The van der Waals surface area contributed by atoms with Crippen LogP contribution in [-0.4, -0.2) is 47.9 Å². The molecule has 6 heteroatoms. The van der Waals surface area contributed by atoms with Crippen molar-refractivity contribution < 1.29 is 4.74 Å². The normalized spacial score (nSPS) is 10.9. The third-order valence-corrected chi connectivity index (χ3v) is 2.31. The Morgan fingerprint density at radius 1 is 1.29 bits per heavy atom. The van der Waals surface area contributed by atoms with Crippen LogP contribution < -0.4 is 10.6 Å². The zero-order chi connectivity index (χ0) is 11.9. The van der Waals surface area contributed by atoms with E-state index in [4.69, 9.17) is 4.74 Å². The summed E-state index contributed by atoms with van der Waals surface area (Å²) < 4.78 is 6.69. The Balaban J connectivity index is 1.75. The van der Waals surface area contributed by atoms with Crippen molar-refractivity contribution in [2.24, 2.45) is 0 Å². The lowest BCUT2D eigenvalue weighted by Crippen LogP contribution is -2.25. The van der Waals surface area contributed by atoms with Gasteiger partial charge in [0, 0.05) is 32.9 Å². The van der Waals surface area contributed by atoms with Crippen molar-refractivity contribution in [2.45, 2.75) is 0 Å². The maximum Gasteiger partial charge on any atom is 0.243 e. The van der Waals surface area contributed by atoms with Crippen LogP contribution in [0.2, 0.25) is 0 Å². The lowest BCUT2D eigenvalue weighted by molar-refractivity contribution is 0.200. The van der Waals surface area contributed by atoms with E-state index >= 15 is 0 Å². The van der Waals surface area contributed by atoms with Crippen LogP contribution in [0, 0.1) is 0 Å². The van der Waals surface area contributed by atoms with Crippen LogP contribution in [0.15, 0.2) is 24.4 Å². The van der Waals surface area contributed by atoms with Gasteiger partial charge in [-0.2, -0.15) is 4.98 Å². The fraction of sp³-hybridized carbons (Fsp3) is 0.455. The summed E-state index contributed by atoms with van der Waals surface area (Å²) in [5.74, 6) is 0.657. The minimum Gasteiger partial charge on any atom is -0.383 e. The molecule has 0 saturated heterocycles. The molecule has 92 valence electrons. The summed E-state index contributed by atoms with van der Waals surface area (Å²) in [4.78, 5) is 4.33. The van der Waals surface area contributed by atoms with Crippen LogP contribution in [0.4, 0.5) is 5.95 Å². The summed E-state index contributed by atoms with van der Waals surface area (Å²) in [6.45, 7) is 3.24. The van der Waals surface area contributed by atoms with Gasteiger partial charge in [0.05, 0.1) is 6.61 Å². The van der Waals surface area contributed by atoms with Gasteiger partial charge in [0.25, 0.3) is 0 Å². The number of nitrogens with one attached hydrogen (secondary N) is 2. The lowest BCUT2D eigenvalue weighted by atomic mass is 10.5. The predicted octanol–water partition coefficient (Wildman–Crippen LogP) is 0.377. The summed E-state index contributed by atoms with van der Waals surface area (Å²) in [6, 6.07) is 5.80. The van der Waals surface area contributed by atoms with E-state index in [0.717, 1.165) is 31.9 Å². The smallest absolute Gasteiger partial charge is 0.243 e. The first-order chi connectivity index (χ1) is 8.40. The van der Waals surface area contributed by atoms with Crippen molar-refractivity contribution >= 4 is 11.6 Å². The van der Waals surface area contributed by atoms with E-state index in [1.165, 1.54) is 0 Å². The van der Waals surface area contributed by atoms with E-state index in [9.17, 15) is 0 Å². The van der Waals surface area contributed by atoms with E-state index in [-0.39, 0.29) is 0 Å². The van der Waals surface area contributed by atoms with Gasteiger partial charge in [-0.05, 0) is 12.1 Å². The van der Waals surface area contributed by atoms with Gasteiger partial charge in [-0.25, -0.2) is 4.52 Å². The number of ether oxygens (including phenoxy) is 1. The number of aromatic nitrogens is 3. The molecule has 2 heterocycles. The Kier molecular flexibility index (Phi) is 4.29. The van der Waals surface area contributed by atoms with Crippen molar-refractivity contribution in [1.29, 1.82) is 0 Å². The van der Waals surface area contributed by atoms with Crippen molar-refractivity contribution in [3.63, 3.8) is 0 Å². The molecule has 0 aliphatic carbocycles. The molecule has 0 atom stereocenters. The zero-order valence-electron chi connectivity index (χ0n) is 9.89. The van der Waals surface area contributed by atoms with Gasteiger partial charge in [-0.15, -0.1) is 5.10 Å². The van der Waals surface area contributed by atoms with E-state index in [1.54, 1.807) is 11.6 Å². The topological polar surface area (TPSA) is 63.5 Å². The molecule has 0 saturated carbocycles. The minimum atomic E-state index is 0.657. The summed E-state index contributed by atoms with van der Waals surface area (Å²) in [7, 11) is 1.69. The molecule has 0 aromatic carbocycles. The summed E-state index contributed by atoms with van der Waals surface area (Å²) in [5.41, 5.74) is 0.849. The first-order valence-corrected chi connectivity index (χ1v) is 5.65. The molecule has 0 bridgehead atoms. The molecule has 0 spiro atoms. The van der Waals surface area contributed by atoms with Crippen LogP contribution in [0.25, 0.3) is 5.65 Å². The van der Waals surface area contributed by atoms with Crippen LogP contribution in [0.3, 0.4) is 0 Å². The van der Waals surface area contributed by atoms with Gasteiger partial charge >= 0.3 is 0 Å². The maximum atomic E-state index is 4.94. The fourth-order valence-corrected chi connectivity index (χ4v) is 1.47. The molecule has 2 rings (SSSR count). The summed E-state index contributed by atoms with van der Waals surface area (Å²) in [6.07, 6.45) is 1.88. The Hall–Kier alpha value is -1.66. The largest absolute Gasteiger partial charge is 0.383 e. The Bertz CT molecular complexity index is 423. The van der Waals surface area contributed by atoms with Crippen molar-refractivity contribution in [1.82, 2.24) is 19.9 Å². The Labute approximate surface area is 100.0 Å². The van der Waals surface area contributed by atoms with Gasteiger partial charge in [0.15, 0.2) is 5.65 Å². The summed E-state index contributed by atoms with van der Waals surface area (Å²) >= 11 is 0. The highest BCUT2D eigenvalue weighted by molar-refractivity contribution is 5.42. The number of pyridine rings is 1. The monoisotopic (exact) mass is 235 g/mol. The second-order valence-corrected chi connectivity index (χ2v) is 3.61. The third kappa shape index (κ3) is 3.40. The molecule has 2 N–H and O–H groups in total. The standard InChI is InChI=1S/C11H17N5O/c1-17-9-7-12-5-6-13-11-14-10-4-2-3-8-16(10)15-11/h2-4,8,12H,5-7,9H2,1H3,(H,13,15). The average molecular weight is 235 g/mol. The Morgan fingerprint density at radius 3 is 3.06 bits per heavy atom. The fourth-order valence-electron chi connectivity index (χ4n) is 1.47. The highest BCUT2D eigenvalue weighted by Gasteiger charge is 2.00. The molecule has 0 aliphatic heterocycles. The van der Waals surface area contributed by atoms with E-state index in [2.05, 4.69) is 20.7 Å². The van der Waals surface area contributed by atoms with E-state index in [0.29, 0.717) is 5.95 Å². The van der Waals surface area contributed by atoms with Crippen molar-refractivity contribution in [3.05, 3.63) is 24.4 Å². The number of fused-ring (bicyclic) bond motifs is 1. The van der Waals surface area contributed by atoms with Crippen LogP contribution in [0.5, 0.6) is 0 Å². The van der Waals surface area contributed by atoms with Crippen molar-refractivity contribution in [3.8, 4) is 0 Å². The Morgan fingerprint density at radius 2 is 2.24 bits per heavy atom. The number of hydrogen-bond donors (Lipinski definition) is 2. The second-order valence-electron chi connectivity index (χ2n) is 3.61. The molecule has 0 fully saturated rings.